The zero-order chi connectivity index (χ0) is 20.1. The summed E-state index contributed by atoms with van der Waals surface area (Å²) in [5.74, 6) is 1.78. The largest absolute Gasteiger partial charge is 0.302 e. The van der Waals surface area contributed by atoms with Gasteiger partial charge in [0.25, 0.3) is 0 Å². The molecule has 0 bridgehead atoms. The summed E-state index contributed by atoms with van der Waals surface area (Å²) in [7, 11) is 0. The van der Waals surface area contributed by atoms with Crippen molar-refractivity contribution in [3.8, 4) is 22.0 Å². The molecule has 0 saturated heterocycles. The van der Waals surface area contributed by atoms with Crippen LogP contribution in [0.5, 0.6) is 0 Å². The Morgan fingerprint density at radius 3 is 2.62 bits per heavy atom. The number of hydrogen-bond acceptors (Lipinski definition) is 6. The predicted molar refractivity (Wildman–Crippen MR) is 125 cm³/mol. The van der Waals surface area contributed by atoms with Gasteiger partial charge in [-0.15, -0.1) is 32.9 Å². The Morgan fingerprint density at radius 2 is 1.83 bits per heavy atom. The molecule has 3 aromatic heterocycles. The lowest BCUT2D eigenvalue weighted by molar-refractivity contribution is 0.626. The molecule has 1 aromatic carbocycles. The highest BCUT2D eigenvalue weighted by Gasteiger charge is 2.16. The van der Waals surface area contributed by atoms with Gasteiger partial charge in [0.15, 0.2) is 11.0 Å². The van der Waals surface area contributed by atoms with E-state index in [4.69, 9.17) is 4.98 Å². The Labute approximate surface area is 184 Å². The van der Waals surface area contributed by atoms with Gasteiger partial charge < -0.3 is 4.57 Å². The van der Waals surface area contributed by atoms with E-state index < -0.39 is 0 Å². The molecule has 0 aliphatic rings. The van der Waals surface area contributed by atoms with Gasteiger partial charge in [-0.1, -0.05) is 62.4 Å². The molecule has 0 fully saturated rings. The first-order chi connectivity index (χ1) is 14.3. The Morgan fingerprint density at radius 1 is 0.966 bits per heavy atom. The maximum atomic E-state index is 4.80. The van der Waals surface area contributed by atoms with Crippen LogP contribution in [-0.2, 0) is 18.7 Å². The highest BCUT2D eigenvalue weighted by atomic mass is 32.2. The zero-order valence-corrected chi connectivity index (χ0v) is 19.1. The van der Waals surface area contributed by atoms with Crippen molar-refractivity contribution in [1.29, 1.82) is 0 Å². The third-order valence-electron chi connectivity index (χ3n) is 4.49. The van der Waals surface area contributed by atoms with Gasteiger partial charge in [0.1, 0.15) is 5.01 Å². The molecule has 4 nitrogen and oxygen atoms in total. The molecule has 7 heteroatoms. The molecule has 3 heterocycles. The van der Waals surface area contributed by atoms with Gasteiger partial charge in [-0.25, -0.2) is 4.98 Å². The summed E-state index contributed by atoms with van der Waals surface area (Å²) in [6, 6.07) is 12.6. The van der Waals surface area contributed by atoms with Gasteiger partial charge in [-0.2, -0.15) is 0 Å². The molecule has 0 unspecified atom stereocenters. The van der Waals surface area contributed by atoms with Crippen LogP contribution >= 0.6 is 34.4 Å². The smallest absolute Gasteiger partial charge is 0.191 e. The summed E-state index contributed by atoms with van der Waals surface area (Å²) >= 11 is 5.23. The molecule has 0 radical (unpaired) electrons. The molecule has 0 atom stereocenters. The Kier molecular flexibility index (Phi) is 6.79. The fraction of sp³-hybridized carbons (Fsp3) is 0.318. The number of benzene rings is 1. The Hall–Kier alpha value is -1.96. The van der Waals surface area contributed by atoms with Crippen LogP contribution in [-0.4, -0.2) is 19.7 Å². The van der Waals surface area contributed by atoms with E-state index in [1.807, 2.05) is 17.4 Å². The van der Waals surface area contributed by atoms with Crippen molar-refractivity contribution < 1.29 is 0 Å². The number of thiazole rings is 1. The van der Waals surface area contributed by atoms with Gasteiger partial charge in [0.05, 0.1) is 5.69 Å². The Bertz CT molecular complexity index is 1050. The quantitative estimate of drug-likeness (QED) is 0.269. The molecule has 0 amide bonds. The number of thiophene rings is 1. The lowest BCUT2D eigenvalue weighted by Crippen LogP contribution is -2.01. The summed E-state index contributed by atoms with van der Waals surface area (Å²) in [6.07, 6.45) is 3.35. The number of aryl methyl sites for hydroxylation is 1. The molecule has 0 N–H and O–H groups in total. The van der Waals surface area contributed by atoms with E-state index in [9.17, 15) is 0 Å². The molecule has 0 spiro atoms. The zero-order valence-electron chi connectivity index (χ0n) is 16.7. The van der Waals surface area contributed by atoms with Crippen molar-refractivity contribution >= 4 is 34.4 Å². The number of nitrogens with zero attached hydrogens (tertiary/aromatic N) is 4. The van der Waals surface area contributed by atoms with E-state index in [-0.39, 0.29) is 0 Å². The van der Waals surface area contributed by atoms with Gasteiger partial charge in [-0.05, 0) is 18.9 Å². The summed E-state index contributed by atoms with van der Waals surface area (Å²) in [4.78, 5) is 6.22. The third kappa shape index (κ3) is 4.79. The second kappa shape index (κ2) is 9.69. The van der Waals surface area contributed by atoms with Crippen molar-refractivity contribution in [2.24, 2.45) is 0 Å². The minimum atomic E-state index is 0.801. The number of thioether (sulfide) groups is 1. The molecule has 4 aromatic rings. The summed E-state index contributed by atoms with van der Waals surface area (Å²) < 4.78 is 2.26. The fourth-order valence-corrected chi connectivity index (χ4v) is 5.89. The van der Waals surface area contributed by atoms with Crippen LogP contribution in [0.3, 0.4) is 0 Å². The second-order valence-corrected chi connectivity index (χ2v) is 9.60. The first-order valence-corrected chi connectivity index (χ1v) is 12.7. The van der Waals surface area contributed by atoms with Crippen molar-refractivity contribution in [3.05, 3.63) is 57.7 Å². The molecule has 0 aliphatic heterocycles. The maximum absolute atomic E-state index is 4.80. The van der Waals surface area contributed by atoms with Gasteiger partial charge in [0.2, 0.25) is 0 Å². The molecule has 0 saturated carbocycles. The van der Waals surface area contributed by atoms with Crippen LogP contribution in [0, 0.1) is 0 Å². The summed E-state index contributed by atoms with van der Waals surface area (Å²) in [6.45, 7) is 5.34. The van der Waals surface area contributed by atoms with Crippen molar-refractivity contribution in [2.45, 2.75) is 50.6 Å². The third-order valence-corrected chi connectivity index (χ3v) is 7.43. The molecular weight excluding hydrogens is 416 g/mol. The first kappa shape index (κ1) is 20.3. The van der Waals surface area contributed by atoms with Crippen LogP contribution in [0.2, 0.25) is 0 Å². The molecule has 150 valence electrons. The topological polar surface area (TPSA) is 43.6 Å². The number of rotatable bonds is 9. The monoisotopic (exact) mass is 440 g/mol. The molecular formula is C22H24N4S3. The first-order valence-electron chi connectivity index (χ1n) is 9.92. The van der Waals surface area contributed by atoms with Crippen LogP contribution in [0.1, 0.15) is 37.3 Å². The van der Waals surface area contributed by atoms with E-state index in [1.54, 1.807) is 23.1 Å². The predicted octanol–water partition coefficient (Wildman–Crippen LogP) is 6.78. The van der Waals surface area contributed by atoms with Crippen LogP contribution in [0.4, 0.5) is 0 Å². The van der Waals surface area contributed by atoms with E-state index >= 15 is 0 Å². The Balaban J connectivity index is 1.50. The molecule has 29 heavy (non-hydrogen) atoms. The molecule has 4 rings (SSSR count). The highest BCUT2D eigenvalue weighted by molar-refractivity contribution is 7.98. The van der Waals surface area contributed by atoms with Gasteiger partial charge >= 0.3 is 0 Å². The summed E-state index contributed by atoms with van der Waals surface area (Å²) in [5.41, 5.74) is 3.45. The van der Waals surface area contributed by atoms with Crippen LogP contribution < -0.4 is 0 Å². The van der Waals surface area contributed by atoms with Gasteiger partial charge in [-0.3, -0.25) is 0 Å². The van der Waals surface area contributed by atoms with E-state index in [1.165, 1.54) is 22.4 Å². The van der Waals surface area contributed by atoms with Crippen molar-refractivity contribution in [1.82, 2.24) is 19.7 Å². The summed E-state index contributed by atoms with van der Waals surface area (Å²) in [5, 5.41) is 15.4. The lowest BCUT2D eigenvalue weighted by atomic mass is 10.2. The highest BCUT2D eigenvalue weighted by Crippen LogP contribution is 2.31. The molecule has 0 aliphatic carbocycles. The van der Waals surface area contributed by atoms with Crippen LogP contribution in [0.15, 0.2) is 52.3 Å². The minimum absolute atomic E-state index is 0.801. The normalized spacial score (nSPS) is 11.2. The minimum Gasteiger partial charge on any atom is -0.302 e. The average Bonchev–Trinajstić information content (AvgIpc) is 3.48. The fourth-order valence-electron chi connectivity index (χ4n) is 3.13. The maximum Gasteiger partial charge on any atom is 0.191 e. The van der Waals surface area contributed by atoms with E-state index in [0.29, 0.717) is 0 Å². The standard InChI is InChI=1S/C22H24N4S3/c1-3-8-19-12-17(13-27-19)20-24-25-22(26(20)11-4-2)29-15-18-14-28-21(23-18)16-9-6-5-7-10-16/h5-7,9-10,12-14H,3-4,8,11,15H2,1-2H3. The van der Waals surface area contributed by atoms with Gasteiger partial charge in [0, 0.05) is 39.1 Å². The van der Waals surface area contributed by atoms with Crippen molar-refractivity contribution in [2.75, 3.05) is 0 Å². The van der Waals surface area contributed by atoms with Crippen molar-refractivity contribution in [3.63, 3.8) is 0 Å². The lowest BCUT2D eigenvalue weighted by Gasteiger charge is -2.07. The van der Waals surface area contributed by atoms with E-state index in [2.05, 4.69) is 69.7 Å². The number of hydrogen-bond donors (Lipinski definition) is 0. The van der Waals surface area contributed by atoms with E-state index in [0.717, 1.165) is 46.8 Å². The SMILES string of the molecule is CCCc1cc(-c2nnc(SCc3csc(-c4ccccc4)n3)n2CCC)cs1. The second-order valence-electron chi connectivity index (χ2n) is 6.81. The number of aromatic nitrogens is 4. The average molecular weight is 441 g/mol. The van der Waals surface area contributed by atoms with Crippen LogP contribution in [0.25, 0.3) is 22.0 Å².